The molecule has 4 nitrogen and oxygen atoms in total. The number of nitrogens with zero attached hydrogens (tertiary/aromatic N) is 2. The van der Waals surface area contributed by atoms with Gasteiger partial charge in [0.15, 0.2) is 0 Å². The van der Waals surface area contributed by atoms with Gasteiger partial charge in [-0.3, -0.25) is 4.90 Å². The topological polar surface area (TPSA) is 51.4 Å². The van der Waals surface area contributed by atoms with Crippen LogP contribution in [-0.4, -0.2) is 35.1 Å². The summed E-state index contributed by atoms with van der Waals surface area (Å²) in [4.78, 5) is 6.86. The smallest absolute Gasteiger partial charge is 0.213 e. The predicted octanol–water partition coefficient (Wildman–Crippen LogP) is 1.20. The Bertz CT molecular complexity index is 370. The highest BCUT2D eigenvalue weighted by molar-refractivity contribution is 7.80. The molecule has 0 aliphatic carbocycles. The monoisotopic (exact) mass is 239 g/mol. The minimum Gasteiger partial charge on any atom is -0.481 e. The first-order valence-electron chi connectivity index (χ1n) is 5.04. The van der Waals surface area contributed by atoms with E-state index in [2.05, 4.69) is 4.98 Å². The highest BCUT2D eigenvalue weighted by Gasteiger charge is 2.12. The van der Waals surface area contributed by atoms with Crippen molar-refractivity contribution >= 4 is 17.2 Å². The van der Waals surface area contributed by atoms with E-state index in [4.69, 9.17) is 22.7 Å². The van der Waals surface area contributed by atoms with E-state index < -0.39 is 0 Å². The van der Waals surface area contributed by atoms with Gasteiger partial charge < -0.3 is 10.5 Å². The number of thiocarbonyl (C=S) groups is 1. The summed E-state index contributed by atoms with van der Waals surface area (Å²) in [7, 11) is 3.57. The van der Waals surface area contributed by atoms with E-state index in [1.807, 2.05) is 37.1 Å². The lowest BCUT2D eigenvalue weighted by Gasteiger charge is -2.23. The van der Waals surface area contributed by atoms with Crippen LogP contribution in [0.3, 0.4) is 0 Å². The molecule has 1 heterocycles. The highest BCUT2D eigenvalue weighted by atomic mass is 32.1. The van der Waals surface area contributed by atoms with Crippen LogP contribution in [0.4, 0.5) is 0 Å². The van der Waals surface area contributed by atoms with E-state index in [0.717, 1.165) is 5.69 Å². The number of ether oxygens (including phenoxy) is 1. The number of rotatable bonds is 5. The Kier molecular flexibility index (Phi) is 4.64. The molecule has 0 spiro atoms. The van der Waals surface area contributed by atoms with Gasteiger partial charge in [-0.2, -0.15) is 0 Å². The van der Waals surface area contributed by atoms with Crippen molar-refractivity contribution in [3.05, 3.63) is 23.9 Å². The predicted molar refractivity (Wildman–Crippen MR) is 68.5 cm³/mol. The Morgan fingerprint density at radius 3 is 2.88 bits per heavy atom. The van der Waals surface area contributed by atoms with Gasteiger partial charge in [0.25, 0.3) is 0 Å². The van der Waals surface area contributed by atoms with Gasteiger partial charge in [-0.15, -0.1) is 0 Å². The molecule has 0 bridgehead atoms. The second-order valence-electron chi connectivity index (χ2n) is 3.66. The maximum Gasteiger partial charge on any atom is 0.213 e. The molecule has 0 saturated carbocycles. The Morgan fingerprint density at radius 2 is 2.31 bits per heavy atom. The number of aromatic nitrogens is 1. The van der Waals surface area contributed by atoms with Gasteiger partial charge >= 0.3 is 0 Å². The third-order valence-electron chi connectivity index (χ3n) is 2.47. The molecule has 0 aliphatic heterocycles. The van der Waals surface area contributed by atoms with Crippen LogP contribution in [0.25, 0.3) is 0 Å². The summed E-state index contributed by atoms with van der Waals surface area (Å²) in [5, 5.41) is 0. The van der Waals surface area contributed by atoms with Crippen LogP contribution in [0.1, 0.15) is 12.6 Å². The van der Waals surface area contributed by atoms with Crippen molar-refractivity contribution in [2.24, 2.45) is 5.73 Å². The summed E-state index contributed by atoms with van der Waals surface area (Å²) in [5.74, 6) is 0.619. The van der Waals surface area contributed by atoms with Crippen molar-refractivity contribution in [2.45, 2.75) is 19.5 Å². The number of hydrogen-bond acceptors (Lipinski definition) is 4. The molecule has 16 heavy (non-hydrogen) atoms. The van der Waals surface area contributed by atoms with Crippen molar-refractivity contribution in [1.29, 1.82) is 0 Å². The van der Waals surface area contributed by atoms with Crippen molar-refractivity contribution in [3.63, 3.8) is 0 Å². The molecule has 0 saturated heterocycles. The fourth-order valence-electron chi connectivity index (χ4n) is 1.27. The lowest BCUT2D eigenvalue weighted by Crippen LogP contribution is -2.38. The zero-order valence-electron chi connectivity index (χ0n) is 9.80. The normalized spacial score (nSPS) is 12.5. The van der Waals surface area contributed by atoms with E-state index in [1.165, 1.54) is 0 Å². The summed E-state index contributed by atoms with van der Waals surface area (Å²) < 4.78 is 5.06. The molecule has 1 aromatic heterocycles. The van der Waals surface area contributed by atoms with Crippen LogP contribution in [0, 0.1) is 0 Å². The summed E-state index contributed by atoms with van der Waals surface area (Å²) in [6.07, 6.45) is 0. The van der Waals surface area contributed by atoms with E-state index in [1.54, 1.807) is 7.11 Å². The van der Waals surface area contributed by atoms with Crippen LogP contribution >= 0.6 is 12.2 Å². The second-order valence-corrected chi connectivity index (χ2v) is 4.14. The third-order valence-corrected chi connectivity index (χ3v) is 2.82. The number of methoxy groups -OCH3 is 1. The van der Waals surface area contributed by atoms with E-state index >= 15 is 0 Å². The standard InChI is InChI=1S/C11H17N3OS/c1-8(11(12)16)14(2)7-9-5-4-6-10(13-9)15-3/h4-6,8H,7H2,1-3H3,(H2,12,16). The molecule has 0 radical (unpaired) electrons. The Morgan fingerprint density at radius 1 is 1.62 bits per heavy atom. The van der Waals surface area contributed by atoms with E-state index in [-0.39, 0.29) is 6.04 Å². The van der Waals surface area contributed by atoms with Crippen LogP contribution in [0.5, 0.6) is 5.88 Å². The average Bonchev–Trinajstić information content (AvgIpc) is 2.28. The van der Waals surface area contributed by atoms with Crippen molar-refractivity contribution in [1.82, 2.24) is 9.88 Å². The maximum atomic E-state index is 5.59. The van der Waals surface area contributed by atoms with Gasteiger partial charge in [-0.25, -0.2) is 4.98 Å². The number of likely N-dealkylation sites (N-methyl/N-ethyl adjacent to an activating group) is 1. The van der Waals surface area contributed by atoms with E-state index in [0.29, 0.717) is 17.4 Å². The molecule has 88 valence electrons. The summed E-state index contributed by atoms with van der Waals surface area (Å²) in [6.45, 7) is 2.66. The Balaban J connectivity index is 2.68. The molecule has 1 rings (SSSR count). The van der Waals surface area contributed by atoms with Gasteiger partial charge in [-0.1, -0.05) is 18.3 Å². The number of hydrogen-bond donors (Lipinski definition) is 1. The average molecular weight is 239 g/mol. The molecule has 5 heteroatoms. The summed E-state index contributed by atoms with van der Waals surface area (Å²) in [6, 6.07) is 5.75. The van der Waals surface area contributed by atoms with Crippen LogP contribution in [0.15, 0.2) is 18.2 Å². The lowest BCUT2D eigenvalue weighted by molar-refractivity contribution is 0.298. The summed E-state index contributed by atoms with van der Waals surface area (Å²) in [5.41, 5.74) is 6.53. The fourth-order valence-corrected chi connectivity index (χ4v) is 1.45. The molecule has 0 aliphatic rings. The Labute approximate surface area is 101 Å². The molecule has 1 unspecified atom stereocenters. The minimum absolute atomic E-state index is 0.0583. The minimum atomic E-state index is 0.0583. The van der Waals surface area contributed by atoms with Gasteiger partial charge in [0.05, 0.1) is 23.8 Å². The van der Waals surface area contributed by atoms with Crippen molar-refractivity contribution in [3.8, 4) is 5.88 Å². The van der Waals surface area contributed by atoms with Crippen molar-refractivity contribution in [2.75, 3.05) is 14.2 Å². The SMILES string of the molecule is COc1cccc(CN(C)C(C)C(N)=S)n1. The fraction of sp³-hybridized carbons (Fsp3) is 0.455. The maximum absolute atomic E-state index is 5.59. The lowest BCUT2D eigenvalue weighted by atomic mass is 10.2. The molecule has 0 amide bonds. The van der Waals surface area contributed by atoms with Crippen LogP contribution < -0.4 is 10.5 Å². The molecule has 1 aromatic rings. The number of nitrogens with two attached hydrogens (primary N) is 1. The Hall–Kier alpha value is -1.20. The first-order chi connectivity index (χ1) is 7.54. The van der Waals surface area contributed by atoms with Crippen molar-refractivity contribution < 1.29 is 4.74 Å². The zero-order valence-corrected chi connectivity index (χ0v) is 10.6. The highest BCUT2D eigenvalue weighted by Crippen LogP contribution is 2.09. The van der Waals surface area contributed by atoms with Crippen LogP contribution in [-0.2, 0) is 6.54 Å². The largest absolute Gasteiger partial charge is 0.481 e. The first-order valence-corrected chi connectivity index (χ1v) is 5.45. The molecule has 0 aromatic carbocycles. The van der Waals surface area contributed by atoms with Gasteiger partial charge in [0, 0.05) is 12.6 Å². The number of pyridine rings is 1. The van der Waals surface area contributed by atoms with Crippen LogP contribution in [0.2, 0.25) is 0 Å². The summed E-state index contributed by atoms with van der Waals surface area (Å²) >= 11 is 4.95. The molecular weight excluding hydrogens is 222 g/mol. The third kappa shape index (κ3) is 3.43. The quantitative estimate of drug-likeness (QED) is 0.782. The molecular formula is C11H17N3OS. The molecule has 0 fully saturated rings. The zero-order chi connectivity index (χ0) is 12.1. The van der Waals surface area contributed by atoms with Gasteiger partial charge in [0.2, 0.25) is 5.88 Å². The second kappa shape index (κ2) is 5.77. The molecule has 1 atom stereocenters. The molecule has 2 N–H and O–H groups in total. The van der Waals surface area contributed by atoms with E-state index in [9.17, 15) is 0 Å². The van der Waals surface area contributed by atoms with Gasteiger partial charge in [-0.05, 0) is 20.0 Å². The van der Waals surface area contributed by atoms with Gasteiger partial charge in [0.1, 0.15) is 0 Å². The first kappa shape index (κ1) is 12.9.